The predicted molar refractivity (Wildman–Crippen MR) is 67.3 cm³/mol. The van der Waals surface area contributed by atoms with Crippen molar-refractivity contribution in [2.24, 2.45) is 0 Å². The summed E-state index contributed by atoms with van der Waals surface area (Å²) in [6.07, 6.45) is 0. The number of rotatable bonds is 3. The van der Waals surface area contributed by atoms with Gasteiger partial charge in [-0.05, 0) is 19.1 Å². The number of oxazole rings is 1. The number of nitrogens with zero attached hydrogens (tertiary/aromatic N) is 2. The van der Waals surface area contributed by atoms with Crippen molar-refractivity contribution in [2.45, 2.75) is 13.8 Å². The van der Waals surface area contributed by atoms with E-state index in [0.29, 0.717) is 22.7 Å². The lowest BCUT2D eigenvalue weighted by molar-refractivity contribution is 0.0490. The molecule has 5 nitrogen and oxygen atoms in total. The standard InChI is InChI=1S/C14H12N2O3/c1-3-18-14(17)13-12(16-9(2)19-13)11-6-4-10(8-15)5-7-11/h4-7H,3H2,1-2H3. The van der Waals surface area contributed by atoms with Crippen LogP contribution in [0, 0.1) is 18.3 Å². The van der Waals surface area contributed by atoms with E-state index in [1.54, 1.807) is 38.1 Å². The zero-order chi connectivity index (χ0) is 13.8. The SMILES string of the molecule is CCOC(=O)c1oc(C)nc1-c1ccc(C#N)cc1. The van der Waals surface area contributed by atoms with Gasteiger partial charge in [0.1, 0.15) is 5.69 Å². The number of carbonyl (C=O) groups excluding carboxylic acids is 1. The first-order valence-corrected chi connectivity index (χ1v) is 5.80. The Bertz CT molecular complexity index is 636. The number of aryl methyl sites for hydroxylation is 1. The van der Waals surface area contributed by atoms with Gasteiger partial charge in [0.05, 0.1) is 18.2 Å². The summed E-state index contributed by atoms with van der Waals surface area (Å²) in [7, 11) is 0. The van der Waals surface area contributed by atoms with Crippen molar-refractivity contribution in [1.82, 2.24) is 4.98 Å². The predicted octanol–water partition coefficient (Wildman–Crippen LogP) is 2.70. The van der Waals surface area contributed by atoms with Crippen LogP contribution in [0.5, 0.6) is 0 Å². The molecular formula is C14H12N2O3. The van der Waals surface area contributed by atoms with Gasteiger partial charge in [0.2, 0.25) is 5.76 Å². The molecule has 0 N–H and O–H groups in total. The summed E-state index contributed by atoms with van der Waals surface area (Å²) in [5.74, 6) is -0.0612. The second-order valence-corrected chi connectivity index (χ2v) is 3.82. The molecule has 0 amide bonds. The molecule has 96 valence electrons. The van der Waals surface area contributed by atoms with Gasteiger partial charge < -0.3 is 9.15 Å². The molecule has 1 aromatic heterocycles. The molecule has 1 aromatic carbocycles. The highest BCUT2D eigenvalue weighted by molar-refractivity contribution is 5.93. The molecule has 0 bridgehead atoms. The number of hydrogen-bond acceptors (Lipinski definition) is 5. The first-order valence-electron chi connectivity index (χ1n) is 5.80. The smallest absolute Gasteiger partial charge is 0.376 e. The molecule has 0 saturated heterocycles. The zero-order valence-corrected chi connectivity index (χ0v) is 10.6. The van der Waals surface area contributed by atoms with Gasteiger partial charge in [-0.25, -0.2) is 9.78 Å². The number of benzene rings is 1. The average Bonchev–Trinajstić information content (AvgIpc) is 2.81. The van der Waals surface area contributed by atoms with Crippen LogP contribution in [0.25, 0.3) is 11.3 Å². The summed E-state index contributed by atoms with van der Waals surface area (Å²) in [6, 6.07) is 8.80. The number of hydrogen-bond donors (Lipinski definition) is 0. The van der Waals surface area contributed by atoms with Crippen LogP contribution < -0.4 is 0 Å². The zero-order valence-electron chi connectivity index (χ0n) is 10.6. The fourth-order valence-electron chi connectivity index (χ4n) is 1.66. The van der Waals surface area contributed by atoms with E-state index < -0.39 is 5.97 Å². The van der Waals surface area contributed by atoms with Crippen molar-refractivity contribution >= 4 is 5.97 Å². The molecular weight excluding hydrogens is 244 g/mol. The van der Waals surface area contributed by atoms with E-state index in [0.717, 1.165) is 0 Å². The summed E-state index contributed by atoms with van der Waals surface area (Å²) in [5.41, 5.74) is 1.68. The molecule has 2 rings (SSSR count). The topological polar surface area (TPSA) is 76.1 Å². The number of aromatic nitrogens is 1. The molecule has 2 aromatic rings. The van der Waals surface area contributed by atoms with Crippen LogP contribution in [0.1, 0.15) is 28.9 Å². The fraction of sp³-hybridized carbons (Fsp3) is 0.214. The van der Waals surface area contributed by atoms with E-state index in [2.05, 4.69) is 4.98 Å². The molecule has 0 aliphatic carbocycles. The van der Waals surface area contributed by atoms with Gasteiger partial charge in [-0.15, -0.1) is 0 Å². The lowest BCUT2D eigenvalue weighted by atomic mass is 10.1. The van der Waals surface area contributed by atoms with Gasteiger partial charge in [-0.1, -0.05) is 12.1 Å². The summed E-state index contributed by atoms with van der Waals surface area (Å²) in [4.78, 5) is 16.0. The maximum Gasteiger partial charge on any atom is 0.376 e. The van der Waals surface area contributed by atoms with E-state index >= 15 is 0 Å². The summed E-state index contributed by atoms with van der Waals surface area (Å²) in [6.45, 7) is 3.66. The van der Waals surface area contributed by atoms with Crippen LogP contribution in [-0.2, 0) is 4.74 Å². The molecule has 0 fully saturated rings. The molecule has 0 aliphatic rings. The van der Waals surface area contributed by atoms with Gasteiger partial charge in [-0.2, -0.15) is 5.26 Å². The lowest BCUT2D eigenvalue weighted by Crippen LogP contribution is -2.04. The van der Waals surface area contributed by atoms with Crippen molar-refractivity contribution in [3.8, 4) is 17.3 Å². The highest BCUT2D eigenvalue weighted by atomic mass is 16.5. The van der Waals surface area contributed by atoms with Crippen molar-refractivity contribution in [1.29, 1.82) is 5.26 Å². The van der Waals surface area contributed by atoms with Crippen molar-refractivity contribution in [3.63, 3.8) is 0 Å². The Morgan fingerprint density at radius 1 is 1.42 bits per heavy atom. The summed E-state index contributed by atoms with van der Waals surface area (Å²) < 4.78 is 10.2. The third kappa shape index (κ3) is 2.63. The molecule has 0 spiro atoms. The fourth-order valence-corrected chi connectivity index (χ4v) is 1.66. The second-order valence-electron chi connectivity index (χ2n) is 3.82. The summed E-state index contributed by atoms with van der Waals surface area (Å²) in [5, 5.41) is 8.76. The van der Waals surface area contributed by atoms with E-state index in [1.165, 1.54) is 0 Å². The van der Waals surface area contributed by atoms with Gasteiger partial charge in [0, 0.05) is 12.5 Å². The van der Waals surface area contributed by atoms with E-state index in [-0.39, 0.29) is 12.4 Å². The highest BCUT2D eigenvalue weighted by Gasteiger charge is 2.21. The number of ether oxygens (including phenoxy) is 1. The van der Waals surface area contributed by atoms with Gasteiger partial charge in [0.15, 0.2) is 5.89 Å². The Morgan fingerprint density at radius 2 is 2.11 bits per heavy atom. The molecule has 0 radical (unpaired) electrons. The molecule has 0 aliphatic heterocycles. The maximum absolute atomic E-state index is 11.8. The average molecular weight is 256 g/mol. The molecule has 0 unspecified atom stereocenters. The number of nitriles is 1. The van der Waals surface area contributed by atoms with Crippen molar-refractivity contribution in [3.05, 3.63) is 41.5 Å². The Morgan fingerprint density at radius 3 is 2.68 bits per heavy atom. The molecule has 19 heavy (non-hydrogen) atoms. The van der Waals surface area contributed by atoms with Gasteiger partial charge >= 0.3 is 5.97 Å². The monoisotopic (exact) mass is 256 g/mol. The second kappa shape index (κ2) is 5.36. The largest absolute Gasteiger partial charge is 0.460 e. The van der Waals surface area contributed by atoms with Crippen LogP contribution in [0.2, 0.25) is 0 Å². The minimum atomic E-state index is -0.539. The minimum absolute atomic E-state index is 0.0871. The number of carbonyl (C=O) groups is 1. The highest BCUT2D eigenvalue weighted by Crippen LogP contribution is 2.24. The Hall–Kier alpha value is -2.61. The normalized spacial score (nSPS) is 9.95. The third-order valence-electron chi connectivity index (χ3n) is 2.48. The van der Waals surface area contributed by atoms with Crippen molar-refractivity contribution < 1.29 is 13.9 Å². The van der Waals surface area contributed by atoms with E-state index in [1.807, 2.05) is 6.07 Å². The lowest BCUT2D eigenvalue weighted by Gasteiger charge is -2.01. The van der Waals surface area contributed by atoms with E-state index in [9.17, 15) is 4.79 Å². The molecule has 5 heteroatoms. The van der Waals surface area contributed by atoms with Crippen LogP contribution in [0.4, 0.5) is 0 Å². The Labute approximate surface area is 110 Å². The Balaban J connectivity index is 2.43. The molecule has 1 heterocycles. The van der Waals surface area contributed by atoms with Crippen LogP contribution >= 0.6 is 0 Å². The van der Waals surface area contributed by atoms with E-state index in [4.69, 9.17) is 14.4 Å². The third-order valence-corrected chi connectivity index (χ3v) is 2.48. The van der Waals surface area contributed by atoms with Crippen LogP contribution in [-0.4, -0.2) is 17.6 Å². The number of esters is 1. The quantitative estimate of drug-likeness (QED) is 0.789. The Kier molecular flexibility index (Phi) is 3.62. The first kappa shape index (κ1) is 12.8. The van der Waals surface area contributed by atoms with Crippen molar-refractivity contribution in [2.75, 3.05) is 6.61 Å². The molecule has 0 saturated carbocycles. The van der Waals surface area contributed by atoms with Crippen LogP contribution in [0.15, 0.2) is 28.7 Å². The maximum atomic E-state index is 11.8. The minimum Gasteiger partial charge on any atom is -0.460 e. The summed E-state index contributed by atoms with van der Waals surface area (Å²) >= 11 is 0. The first-order chi connectivity index (χ1) is 9.15. The van der Waals surface area contributed by atoms with Gasteiger partial charge in [0.25, 0.3) is 0 Å². The molecule has 0 atom stereocenters. The van der Waals surface area contributed by atoms with Gasteiger partial charge in [-0.3, -0.25) is 0 Å². The van der Waals surface area contributed by atoms with Crippen LogP contribution in [0.3, 0.4) is 0 Å².